The highest BCUT2D eigenvalue weighted by atomic mass is 32.2. The molecule has 0 bridgehead atoms. The number of thiazole rings is 1. The topological polar surface area (TPSA) is 81.2 Å². The number of carbonyl (C=O) groups is 2. The summed E-state index contributed by atoms with van der Waals surface area (Å²) in [6.07, 6.45) is 0.274. The summed E-state index contributed by atoms with van der Waals surface area (Å²) in [5.41, 5.74) is 2.47. The van der Waals surface area contributed by atoms with Crippen LogP contribution in [0.5, 0.6) is 17.2 Å². The Kier molecular flexibility index (Phi) is 7.10. The molecule has 1 fully saturated rings. The van der Waals surface area contributed by atoms with E-state index < -0.39 is 0 Å². The number of amides is 1. The number of rotatable bonds is 8. The molecule has 3 aromatic rings. The Bertz CT molecular complexity index is 1210. The van der Waals surface area contributed by atoms with Gasteiger partial charge in [-0.15, -0.1) is 11.3 Å². The molecular formula is C25H25N3O5S2. The van der Waals surface area contributed by atoms with E-state index in [2.05, 4.69) is 9.88 Å². The average molecular weight is 512 g/mol. The summed E-state index contributed by atoms with van der Waals surface area (Å²) in [7, 11) is 1.66. The monoisotopic (exact) mass is 511 g/mol. The van der Waals surface area contributed by atoms with Crippen molar-refractivity contribution in [1.29, 1.82) is 0 Å². The molecular weight excluding hydrogens is 486 g/mol. The zero-order valence-electron chi connectivity index (χ0n) is 19.3. The van der Waals surface area contributed by atoms with Gasteiger partial charge in [0.1, 0.15) is 5.75 Å². The number of carbonyl (C=O) groups excluding carboxylic acids is 2. The van der Waals surface area contributed by atoms with Gasteiger partial charge in [0.2, 0.25) is 12.7 Å². The highest BCUT2D eigenvalue weighted by molar-refractivity contribution is 8.01. The van der Waals surface area contributed by atoms with Crippen LogP contribution in [0.25, 0.3) is 0 Å². The molecule has 1 saturated heterocycles. The van der Waals surface area contributed by atoms with Crippen LogP contribution in [0.3, 0.4) is 0 Å². The molecule has 0 spiro atoms. The number of thioether (sulfide) groups is 1. The molecule has 35 heavy (non-hydrogen) atoms. The van der Waals surface area contributed by atoms with Crippen LogP contribution in [0.15, 0.2) is 52.2 Å². The summed E-state index contributed by atoms with van der Waals surface area (Å²) in [5.74, 6) is 2.44. The molecule has 0 aliphatic carbocycles. The van der Waals surface area contributed by atoms with Crippen LogP contribution in [0.2, 0.25) is 0 Å². The van der Waals surface area contributed by atoms with Crippen molar-refractivity contribution in [3.8, 4) is 17.2 Å². The van der Waals surface area contributed by atoms with Crippen molar-refractivity contribution in [3.05, 3.63) is 59.1 Å². The maximum atomic E-state index is 12.8. The average Bonchev–Trinajstić information content (AvgIpc) is 3.56. The van der Waals surface area contributed by atoms with Gasteiger partial charge >= 0.3 is 0 Å². The SMILES string of the molecule is COc1ccc(N2CCN(C(=O)Cc3csc(SCC(=O)c4ccc5c(c4)OCO5)n3)CC2)cc1. The van der Waals surface area contributed by atoms with Crippen molar-refractivity contribution in [3.63, 3.8) is 0 Å². The fourth-order valence-corrected chi connectivity index (χ4v) is 5.73. The van der Waals surface area contributed by atoms with Crippen molar-refractivity contribution in [1.82, 2.24) is 9.88 Å². The van der Waals surface area contributed by atoms with Crippen molar-refractivity contribution < 1.29 is 23.8 Å². The van der Waals surface area contributed by atoms with Crippen LogP contribution in [0, 0.1) is 0 Å². The van der Waals surface area contributed by atoms with E-state index in [0.29, 0.717) is 30.2 Å². The largest absolute Gasteiger partial charge is 0.497 e. The Hall–Kier alpha value is -3.24. The van der Waals surface area contributed by atoms with Crippen molar-refractivity contribution in [2.45, 2.75) is 10.8 Å². The first-order valence-electron chi connectivity index (χ1n) is 11.3. The Morgan fingerprint density at radius 2 is 1.83 bits per heavy atom. The van der Waals surface area contributed by atoms with Gasteiger partial charge in [0, 0.05) is 42.8 Å². The molecule has 0 radical (unpaired) electrons. The molecule has 0 saturated carbocycles. The molecule has 182 valence electrons. The van der Waals surface area contributed by atoms with Crippen LogP contribution < -0.4 is 19.1 Å². The van der Waals surface area contributed by atoms with Crippen molar-refractivity contribution in [2.75, 3.05) is 50.7 Å². The number of methoxy groups -OCH3 is 1. The molecule has 2 aliphatic rings. The minimum atomic E-state index is -0.00384. The first-order valence-corrected chi connectivity index (χ1v) is 13.1. The molecule has 1 amide bonds. The van der Waals surface area contributed by atoms with Crippen LogP contribution in [-0.2, 0) is 11.2 Å². The third-order valence-electron chi connectivity index (χ3n) is 5.95. The molecule has 8 nitrogen and oxygen atoms in total. The van der Waals surface area contributed by atoms with E-state index in [-0.39, 0.29) is 30.7 Å². The molecule has 0 atom stereocenters. The van der Waals surface area contributed by atoms with Gasteiger partial charge in [-0.3, -0.25) is 9.59 Å². The van der Waals surface area contributed by atoms with E-state index in [1.807, 2.05) is 34.5 Å². The van der Waals surface area contributed by atoms with Gasteiger partial charge in [0.25, 0.3) is 0 Å². The normalized spacial score (nSPS) is 14.8. The van der Waals surface area contributed by atoms with E-state index in [0.717, 1.165) is 34.6 Å². The molecule has 0 unspecified atom stereocenters. The Labute approximate surface area is 211 Å². The number of fused-ring (bicyclic) bond motifs is 1. The highest BCUT2D eigenvalue weighted by Crippen LogP contribution is 2.33. The molecule has 0 N–H and O–H groups in total. The lowest BCUT2D eigenvalue weighted by Gasteiger charge is -2.36. The molecule has 5 rings (SSSR count). The maximum absolute atomic E-state index is 12.8. The van der Waals surface area contributed by atoms with Gasteiger partial charge in [-0.25, -0.2) is 4.98 Å². The van der Waals surface area contributed by atoms with Crippen molar-refractivity contribution >= 4 is 40.5 Å². The summed E-state index contributed by atoms with van der Waals surface area (Å²) < 4.78 is 16.6. The number of nitrogens with zero attached hydrogens (tertiary/aromatic N) is 3. The van der Waals surface area contributed by atoms with Gasteiger partial charge in [-0.05, 0) is 42.5 Å². The summed E-state index contributed by atoms with van der Waals surface area (Å²) in [5, 5.41) is 1.90. The molecule has 3 heterocycles. The fraction of sp³-hybridized carbons (Fsp3) is 0.320. The van der Waals surface area contributed by atoms with Crippen LogP contribution >= 0.6 is 23.1 Å². The Balaban J connectivity index is 1.09. The van der Waals surface area contributed by atoms with Crippen LogP contribution in [0.4, 0.5) is 5.69 Å². The Morgan fingerprint density at radius 3 is 2.60 bits per heavy atom. The lowest BCUT2D eigenvalue weighted by molar-refractivity contribution is -0.130. The summed E-state index contributed by atoms with van der Waals surface area (Å²) in [6.45, 7) is 3.12. The van der Waals surface area contributed by atoms with Gasteiger partial charge < -0.3 is 24.0 Å². The summed E-state index contributed by atoms with van der Waals surface area (Å²) in [6, 6.07) is 13.2. The number of benzene rings is 2. The third kappa shape index (κ3) is 5.54. The quantitative estimate of drug-likeness (QED) is 0.334. The van der Waals surface area contributed by atoms with Gasteiger partial charge in [0.05, 0.1) is 25.0 Å². The van der Waals surface area contributed by atoms with Crippen LogP contribution in [0.1, 0.15) is 16.1 Å². The molecule has 10 heteroatoms. The van der Waals surface area contributed by atoms with E-state index in [4.69, 9.17) is 14.2 Å². The number of hydrogen-bond acceptors (Lipinski definition) is 9. The first-order chi connectivity index (χ1) is 17.1. The van der Waals surface area contributed by atoms with Crippen molar-refractivity contribution in [2.24, 2.45) is 0 Å². The number of hydrogen-bond donors (Lipinski definition) is 0. The standard InChI is InChI=1S/C25H25N3O5S2/c1-31-20-5-3-19(4-6-20)27-8-10-28(11-9-27)24(30)13-18-14-34-25(26-18)35-15-21(29)17-2-7-22-23(12-17)33-16-32-22/h2-7,12,14H,8-11,13,15-16H2,1H3. The predicted molar refractivity (Wildman–Crippen MR) is 135 cm³/mol. The summed E-state index contributed by atoms with van der Waals surface area (Å²) in [4.78, 5) is 34.1. The number of piperazine rings is 1. The van der Waals surface area contributed by atoms with Crippen LogP contribution in [-0.4, -0.2) is 67.4 Å². The first kappa shape index (κ1) is 23.5. The van der Waals surface area contributed by atoms with Gasteiger partial charge in [-0.1, -0.05) is 11.8 Å². The minimum absolute atomic E-state index is 0.00384. The van der Waals surface area contributed by atoms with Gasteiger partial charge in [-0.2, -0.15) is 0 Å². The lowest BCUT2D eigenvalue weighted by Crippen LogP contribution is -2.49. The third-order valence-corrected chi connectivity index (χ3v) is 8.02. The maximum Gasteiger partial charge on any atom is 0.231 e. The number of anilines is 1. The van der Waals surface area contributed by atoms with Gasteiger partial charge in [0.15, 0.2) is 21.6 Å². The number of ether oxygens (including phenoxy) is 3. The van der Waals surface area contributed by atoms with E-state index in [9.17, 15) is 9.59 Å². The molecule has 1 aromatic heterocycles. The summed E-state index contributed by atoms with van der Waals surface area (Å²) >= 11 is 2.85. The van der Waals surface area contributed by atoms with E-state index in [1.54, 1.807) is 25.3 Å². The number of ketones is 1. The highest BCUT2D eigenvalue weighted by Gasteiger charge is 2.22. The van der Waals surface area contributed by atoms with E-state index >= 15 is 0 Å². The number of Topliss-reactive ketones (excluding diaryl/α,β-unsaturated/α-hetero) is 1. The lowest BCUT2D eigenvalue weighted by atomic mass is 10.1. The second kappa shape index (κ2) is 10.6. The minimum Gasteiger partial charge on any atom is -0.497 e. The predicted octanol–water partition coefficient (Wildman–Crippen LogP) is 3.75. The second-order valence-corrected chi connectivity index (χ2v) is 10.2. The number of aromatic nitrogens is 1. The zero-order chi connectivity index (χ0) is 24.2. The molecule has 2 aromatic carbocycles. The molecule has 2 aliphatic heterocycles. The van der Waals surface area contributed by atoms with E-state index in [1.165, 1.54) is 23.1 Å². The second-order valence-electron chi connectivity index (χ2n) is 8.13. The Morgan fingerprint density at radius 1 is 1.06 bits per heavy atom. The fourth-order valence-electron chi connectivity index (χ4n) is 3.99. The zero-order valence-corrected chi connectivity index (χ0v) is 20.9. The smallest absolute Gasteiger partial charge is 0.231 e.